The van der Waals surface area contributed by atoms with Crippen LogP contribution in [0.4, 0.5) is 0 Å². The number of rotatable bonds is 7. The Labute approximate surface area is 157 Å². The van der Waals surface area contributed by atoms with Gasteiger partial charge in [-0.05, 0) is 59.1 Å². The van der Waals surface area contributed by atoms with Crippen molar-refractivity contribution in [3.8, 4) is 0 Å². The van der Waals surface area contributed by atoms with Crippen LogP contribution in [0.2, 0.25) is 0 Å². The highest BCUT2D eigenvalue weighted by Crippen LogP contribution is 2.22. The Kier molecular flexibility index (Phi) is 6.17. The minimum atomic E-state index is -0.533. The molecule has 26 heavy (non-hydrogen) atoms. The van der Waals surface area contributed by atoms with E-state index in [4.69, 9.17) is 5.21 Å². The minimum absolute atomic E-state index is 0.533. The predicted molar refractivity (Wildman–Crippen MR) is 107 cm³/mol. The lowest BCUT2D eigenvalue weighted by atomic mass is 10.1. The van der Waals surface area contributed by atoms with Crippen molar-refractivity contribution < 1.29 is 10.0 Å². The van der Waals surface area contributed by atoms with E-state index >= 15 is 0 Å². The molecule has 0 aliphatic rings. The fraction of sp³-hybridized carbons (Fsp3) is 0.190. The second kappa shape index (κ2) is 8.76. The molecule has 0 saturated carbocycles. The maximum absolute atomic E-state index is 11.0. The van der Waals surface area contributed by atoms with E-state index in [0.29, 0.717) is 0 Å². The standard InChI is InChI=1S/C21H22N2O2S/c1-23(12-10-17-6-8-20-19(14-17)11-13-26-20)15-18-4-2-16(3-5-18)7-9-21(24)22-25/h2-9,11,13-14,25H,10,12,15H2,1H3,(H,22,24)/b9-7+. The molecule has 0 aliphatic carbocycles. The summed E-state index contributed by atoms with van der Waals surface area (Å²) >= 11 is 1.78. The summed E-state index contributed by atoms with van der Waals surface area (Å²) in [6.45, 7) is 1.87. The molecule has 0 bridgehead atoms. The second-order valence-electron chi connectivity index (χ2n) is 6.33. The highest BCUT2D eigenvalue weighted by Gasteiger charge is 2.03. The first-order valence-corrected chi connectivity index (χ1v) is 9.38. The molecule has 0 spiro atoms. The number of benzene rings is 2. The van der Waals surface area contributed by atoms with Crippen LogP contribution in [0, 0.1) is 0 Å². The van der Waals surface area contributed by atoms with Gasteiger partial charge in [0.25, 0.3) is 5.91 Å². The fourth-order valence-corrected chi connectivity index (χ4v) is 3.60. The van der Waals surface area contributed by atoms with Crippen LogP contribution in [0.1, 0.15) is 16.7 Å². The van der Waals surface area contributed by atoms with Crippen molar-refractivity contribution in [2.45, 2.75) is 13.0 Å². The molecule has 0 aliphatic heterocycles. The largest absolute Gasteiger partial charge is 0.302 e. The summed E-state index contributed by atoms with van der Waals surface area (Å²) in [5, 5.41) is 11.9. The Hall–Kier alpha value is -2.47. The van der Waals surface area contributed by atoms with Gasteiger partial charge in [0.05, 0.1) is 0 Å². The lowest BCUT2D eigenvalue weighted by molar-refractivity contribution is -0.124. The van der Waals surface area contributed by atoms with Gasteiger partial charge in [0.15, 0.2) is 0 Å². The van der Waals surface area contributed by atoms with Crippen molar-refractivity contribution in [3.05, 3.63) is 76.7 Å². The molecule has 2 aromatic carbocycles. The summed E-state index contributed by atoms with van der Waals surface area (Å²) in [5.41, 5.74) is 5.09. The van der Waals surface area contributed by atoms with Gasteiger partial charge in [0, 0.05) is 23.9 Å². The molecule has 3 rings (SSSR count). The molecule has 0 unspecified atom stereocenters. The summed E-state index contributed by atoms with van der Waals surface area (Å²) in [7, 11) is 2.13. The molecule has 5 heteroatoms. The van der Waals surface area contributed by atoms with Crippen molar-refractivity contribution in [1.82, 2.24) is 10.4 Å². The van der Waals surface area contributed by atoms with E-state index in [2.05, 4.69) is 53.7 Å². The third-order valence-electron chi connectivity index (χ3n) is 4.27. The molecule has 1 heterocycles. The molecule has 0 fully saturated rings. The lowest BCUT2D eigenvalue weighted by Gasteiger charge is -2.17. The molecule has 134 valence electrons. The van der Waals surface area contributed by atoms with Crippen LogP contribution in [-0.4, -0.2) is 29.6 Å². The van der Waals surface area contributed by atoms with E-state index in [1.807, 2.05) is 12.1 Å². The van der Waals surface area contributed by atoms with Crippen LogP contribution in [0.3, 0.4) is 0 Å². The van der Waals surface area contributed by atoms with Crippen LogP contribution in [-0.2, 0) is 17.8 Å². The molecule has 0 atom stereocenters. The summed E-state index contributed by atoms with van der Waals surface area (Å²) in [5.74, 6) is -0.533. The molecular formula is C21H22N2O2S. The smallest absolute Gasteiger partial charge is 0.267 e. The van der Waals surface area contributed by atoms with E-state index in [1.165, 1.54) is 27.3 Å². The third kappa shape index (κ3) is 5.02. The number of hydrogen-bond donors (Lipinski definition) is 2. The number of thiophene rings is 1. The van der Waals surface area contributed by atoms with Crippen molar-refractivity contribution >= 4 is 33.4 Å². The van der Waals surface area contributed by atoms with Crippen LogP contribution < -0.4 is 5.48 Å². The summed E-state index contributed by atoms with van der Waals surface area (Å²) in [6, 6.07) is 16.9. The zero-order chi connectivity index (χ0) is 18.4. The number of fused-ring (bicyclic) bond motifs is 1. The van der Waals surface area contributed by atoms with Crippen molar-refractivity contribution in [2.75, 3.05) is 13.6 Å². The Morgan fingerprint density at radius 1 is 1.15 bits per heavy atom. The number of hydrogen-bond acceptors (Lipinski definition) is 4. The van der Waals surface area contributed by atoms with Gasteiger partial charge in [0.1, 0.15) is 0 Å². The summed E-state index contributed by atoms with van der Waals surface area (Å²) in [4.78, 5) is 13.3. The first kappa shape index (κ1) is 18.3. The molecule has 1 amide bonds. The quantitative estimate of drug-likeness (QED) is 0.376. The molecule has 1 aromatic heterocycles. The lowest BCUT2D eigenvalue weighted by Crippen LogP contribution is -2.20. The third-order valence-corrected chi connectivity index (χ3v) is 5.17. The molecule has 4 nitrogen and oxygen atoms in total. The van der Waals surface area contributed by atoms with Crippen molar-refractivity contribution in [1.29, 1.82) is 0 Å². The van der Waals surface area contributed by atoms with Gasteiger partial charge >= 0.3 is 0 Å². The first-order valence-electron chi connectivity index (χ1n) is 8.50. The van der Waals surface area contributed by atoms with Crippen LogP contribution in [0.25, 0.3) is 16.2 Å². The molecular weight excluding hydrogens is 344 g/mol. The monoisotopic (exact) mass is 366 g/mol. The van der Waals surface area contributed by atoms with Gasteiger partial charge in [-0.15, -0.1) is 11.3 Å². The van der Waals surface area contributed by atoms with E-state index in [1.54, 1.807) is 22.9 Å². The number of amides is 1. The molecule has 0 saturated heterocycles. The Balaban J connectivity index is 1.51. The van der Waals surface area contributed by atoms with Crippen LogP contribution >= 0.6 is 11.3 Å². The summed E-state index contributed by atoms with van der Waals surface area (Å²) in [6.07, 6.45) is 3.99. The Morgan fingerprint density at radius 3 is 2.69 bits per heavy atom. The van der Waals surface area contributed by atoms with Crippen LogP contribution in [0.15, 0.2) is 60.0 Å². The predicted octanol–water partition coefficient (Wildman–Crippen LogP) is 4.09. The second-order valence-corrected chi connectivity index (χ2v) is 7.28. The normalized spacial score (nSPS) is 11.5. The van der Waals surface area contributed by atoms with Crippen molar-refractivity contribution in [3.63, 3.8) is 0 Å². The maximum Gasteiger partial charge on any atom is 0.267 e. The van der Waals surface area contributed by atoms with Crippen molar-refractivity contribution in [2.24, 2.45) is 0 Å². The van der Waals surface area contributed by atoms with E-state index in [9.17, 15) is 4.79 Å². The van der Waals surface area contributed by atoms with Crippen LogP contribution in [0.5, 0.6) is 0 Å². The number of nitrogens with zero attached hydrogens (tertiary/aromatic N) is 1. The Morgan fingerprint density at radius 2 is 1.92 bits per heavy atom. The maximum atomic E-state index is 11.0. The number of likely N-dealkylation sites (N-methyl/N-ethyl adjacent to an activating group) is 1. The van der Waals surface area contributed by atoms with E-state index < -0.39 is 5.91 Å². The zero-order valence-electron chi connectivity index (χ0n) is 14.7. The SMILES string of the molecule is CN(CCc1ccc2sccc2c1)Cc1ccc(/C=C/C(=O)NO)cc1. The number of nitrogens with one attached hydrogen (secondary N) is 1. The van der Waals surface area contributed by atoms with E-state index in [-0.39, 0.29) is 0 Å². The number of hydroxylamine groups is 1. The van der Waals surface area contributed by atoms with Gasteiger partial charge in [-0.3, -0.25) is 10.0 Å². The highest BCUT2D eigenvalue weighted by atomic mass is 32.1. The zero-order valence-corrected chi connectivity index (χ0v) is 15.5. The van der Waals surface area contributed by atoms with E-state index in [0.717, 1.165) is 25.1 Å². The number of carbonyl (C=O) groups is 1. The van der Waals surface area contributed by atoms with Gasteiger partial charge in [-0.1, -0.05) is 36.4 Å². The average molecular weight is 366 g/mol. The van der Waals surface area contributed by atoms with Gasteiger partial charge < -0.3 is 4.90 Å². The Bertz CT molecular complexity index is 900. The number of carbonyl (C=O) groups excluding carboxylic acids is 1. The first-order chi connectivity index (χ1) is 12.6. The average Bonchev–Trinajstić information content (AvgIpc) is 3.13. The highest BCUT2D eigenvalue weighted by molar-refractivity contribution is 7.17. The molecule has 2 N–H and O–H groups in total. The molecule has 0 radical (unpaired) electrons. The van der Waals surface area contributed by atoms with Gasteiger partial charge in [0.2, 0.25) is 0 Å². The van der Waals surface area contributed by atoms with Gasteiger partial charge in [-0.2, -0.15) is 0 Å². The molecule has 3 aromatic rings. The van der Waals surface area contributed by atoms with Gasteiger partial charge in [-0.25, -0.2) is 5.48 Å². The topological polar surface area (TPSA) is 52.6 Å². The summed E-state index contributed by atoms with van der Waals surface area (Å²) < 4.78 is 1.34. The minimum Gasteiger partial charge on any atom is -0.302 e. The fourth-order valence-electron chi connectivity index (χ4n) is 2.83.